The SMILES string of the molecule is CNCc1ccc(Oc2cc(C)ccc2C)cc1C. The summed E-state index contributed by atoms with van der Waals surface area (Å²) in [5.74, 6) is 1.83. The van der Waals surface area contributed by atoms with Crippen molar-refractivity contribution in [2.75, 3.05) is 7.05 Å². The zero-order valence-corrected chi connectivity index (χ0v) is 12.1. The number of rotatable bonds is 4. The molecule has 2 rings (SSSR count). The molecule has 2 aromatic rings. The maximum Gasteiger partial charge on any atom is 0.130 e. The van der Waals surface area contributed by atoms with E-state index in [1.807, 2.05) is 13.1 Å². The average Bonchev–Trinajstić information content (AvgIpc) is 2.37. The van der Waals surface area contributed by atoms with Gasteiger partial charge in [-0.3, -0.25) is 0 Å². The number of hydrogen-bond acceptors (Lipinski definition) is 2. The van der Waals surface area contributed by atoms with Crippen molar-refractivity contribution in [3.05, 3.63) is 58.7 Å². The van der Waals surface area contributed by atoms with E-state index in [4.69, 9.17) is 4.74 Å². The van der Waals surface area contributed by atoms with Crippen LogP contribution in [0.1, 0.15) is 22.3 Å². The van der Waals surface area contributed by atoms with Crippen molar-refractivity contribution >= 4 is 0 Å². The van der Waals surface area contributed by atoms with E-state index in [0.29, 0.717) is 0 Å². The molecule has 2 nitrogen and oxygen atoms in total. The van der Waals surface area contributed by atoms with Gasteiger partial charge in [-0.05, 0) is 68.3 Å². The lowest BCUT2D eigenvalue weighted by atomic mass is 10.1. The van der Waals surface area contributed by atoms with Crippen molar-refractivity contribution in [3.8, 4) is 11.5 Å². The summed E-state index contributed by atoms with van der Waals surface area (Å²) in [6.45, 7) is 7.14. The number of hydrogen-bond donors (Lipinski definition) is 1. The lowest BCUT2D eigenvalue weighted by Gasteiger charge is -2.12. The molecule has 0 amide bonds. The van der Waals surface area contributed by atoms with Crippen LogP contribution in [0.15, 0.2) is 36.4 Å². The van der Waals surface area contributed by atoms with E-state index in [0.717, 1.165) is 23.6 Å². The van der Waals surface area contributed by atoms with Crippen molar-refractivity contribution in [1.29, 1.82) is 0 Å². The lowest BCUT2D eigenvalue weighted by molar-refractivity contribution is 0.478. The Morgan fingerprint density at radius 2 is 1.74 bits per heavy atom. The molecule has 100 valence electrons. The Kier molecular flexibility index (Phi) is 4.23. The molecule has 0 heterocycles. The molecule has 0 aliphatic carbocycles. The van der Waals surface area contributed by atoms with Gasteiger partial charge in [0.25, 0.3) is 0 Å². The first-order valence-electron chi connectivity index (χ1n) is 6.59. The van der Waals surface area contributed by atoms with Gasteiger partial charge in [-0.15, -0.1) is 0 Å². The molecular formula is C17H21NO. The molecule has 0 spiro atoms. The maximum absolute atomic E-state index is 5.98. The van der Waals surface area contributed by atoms with Gasteiger partial charge in [0.1, 0.15) is 11.5 Å². The standard InChI is InChI=1S/C17H21NO/c1-12-5-6-13(2)17(9-12)19-16-8-7-15(11-18-4)14(3)10-16/h5-10,18H,11H2,1-4H3. The fraction of sp³-hybridized carbons (Fsp3) is 0.294. The Hall–Kier alpha value is -1.80. The van der Waals surface area contributed by atoms with Crippen LogP contribution in [0.25, 0.3) is 0 Å². The third-order valence-electron chi connectivity index (χ3n) is 3.25. The Labute approximate surface area is 115 Å². The summed E-state index contributed by atoms with van der Waals surface area (Å²) in [5, 5.41) is 3.17. The number of nitrogens with one attached hydrogen (secondary N) is 1. The second-order valence-corrected chi connectivity index (χ2v) is 4.99. The first-order valence-corrected chi connectivity index (χ1v) is 6.59. The molecule has 0 aliphatic rings. The molecule has 2 aromatic carbocycles. The average molecular weight is 255 g/mol. The van der Waals surface area contributed by atoms with E-state index in [1.165, 1.54) is 16.7 Å². The van der Waals surface area contributed by atoms with Crippen LogP contribution in [0.2, 0.25) is 0 Å². The van der Waals surface area contributed by atoms with Crippen molar-refractivity contribution in [2.45, 2.75) is 27.3 Å². The van der Waals surface area contributed by atoms with E-state index < -0.39 is 0 Å². The predicted molar refractivity (Wildman–Crippen MR) is 79.9 cm³/mol. The van der Waals surface area contributed by atoms with Gasteiger partial charge in [0, 0.05) is 6.54 Å². The smallest absolute Gasteiger partial charge is 0.130 e. The summed E-state index contributed by atoms with van der Waals surface area (Å²) in [6.07, 6.45) is 0. The molecule has 0 aliphatic heterocycles. The minimum Gasteiger partial charge on any atom is -0.457 e. The highest BCUT2D eigenvalue weighted by atomic mass is 16.5. The van der Waals surface area contributed by atoms with Gasteiger partial charge in [-0.1, -0.05) is 18.2 Å². The number of benzene rings is 2. The first-order chi connectivity index (χ1) is 9.10. The molecule has 0 saturated carbocycles. The number of aryl methyl sites for hydroxylation is 3. The highest BCUT2D eigenvalue weighted by molar-refractivity contribution is 5.42. The van der Waals surface area contributed by atoms with Crippen LogP contribution in [0, 0.1) is 20.8 Å². The summed E-state index contributed by atoms with van der Waals surface area (Å²) in [5.41, 5.74) is 4.92. The molecule has 0 atom stereocenters. The van der Waals surface area contributed by atoms with Crippen molar-refractivity contribution in [3.63, 3.8) is 0 Å². The minimum absolute atomic E-state index is 0.885. The molecule has 0 unspecified atom stereocenters. The van der Waals surface area contributed by atoms with Gasteiger partial charge in [0.2, 0.25) is 0 Å². The molecular weight excluding hydrogens is 234 g/mol. The molecule has 0 bridgehead atoms. The summed E-state index contributed by atoms with van der Waals surface area (Å²) in [6, 6.07) is 12.5. The normalized spacial score (nSPS) is 10.5. The first kappa shape index (κ1) is 13.6. The fourth-order valence-corrected chi connectivity index (χ4v) is 2.06. The molecule has 2 heteroatoms. The number of ether oxygens (including phenoxy) is 1. The van der Waals surface area contributed by atoms with Gasteiger partial charge < -0.3 is 10.1 Å². The zero-order chi connectivity index (χ0) is 13.8. The molecule has 19 heavy (non-hydrogen) atoms. The van der Waals surface area contributed by atoms with Crippen LogP contribution in [-0.2, 0) is 6.54 Å². The highest BCUT2D eigenvalue weighted by Crippen LogP contribution is 2.27. The molecule has 0 saturated heterocycles. The van der Waals surface area contributed by atoms with Gasteiger partial charge in [0.15, 0.2) is 0 Å². The van der Waals surface area contributed by atoms with Crippen LogP contribution < -0.4 is 10.1 Å². The predicted octanol–water partition coefficient (Wildman–Crippen LogP) is 4.12. The van der Waals surface area contributed by atoms with Gasteiger partial charge in [-0.2, -0.15) is 0 Å². The van der Waals surface area contributed by atoms with E-state index in [1.54, 1.807) is 0 Å². The second-order valence-electron chi connectivity index (χ2n) is 4.99. The fourth-order valence-electron chi connectivity index (χ4n) is 2.06. The summed E-state index contributed by atoms with van der Waals surface area (Å²) in [4.78, 5) is 0. The zero-order valence-electron chi connectivity index (χ0n) is 12.1. The second kappa shape index (κ2) is 5.89. The Bertz CT molecular complexity index is 575. The Balaban J connectivity index is 2.24. The van der Waals surface area contributed by atoms with Crippen molar-refractivity contribution in [2.24, 2.45) is 0 Å². The quantitative estimate of drug-likeness (QED) is 0.887. The topological polar surface area (TPSA) is 21.3 Å². The van der Waals surface area contributed by atoms with Crippen LogP contribution in [0.3, 0.4) is 0 Å². The van der Waals surface area contributed by atoms with Crippen LogP contribution in [0.5, 0.6) is 11.5 Å². The Morgan fingerprint density at radius 1 is 0.947 bits per heavy atom. The van der Waals surface area contributed by atoms with Gasteiger partial charge in [-0.25, -0.2) is 0 Å². The van der Waals surface area contributed by atoms with Gasteiger partial charge >= 0.3 is 0 Å². The largest absolute Gasteiger partial charge is 0.457 e. The van der Waals surface area contributed by atoms with Crippen LogP contribution in [0.4, 0.5) is 0 Å². The van der Waals surface area contributed by atoms with E-state index in [-0.39, 0.29) is 0 Å². The molecule has 1 N–H and O–H groups in total. The molecule has 0 radical (unpaired) electrons. The highest BCUT2D eigenvalue weighted by Gasteiger charge is 2.04. The summed E-state index contributed by atoms with van der Waals surface area (Å²) in [7, 11) is 1.96. The summed E-state index contributed by atoms with van der Waals surface area (Å²) < 4.78 is 5.98. The van der Waals surface area contributed by atoms with Crippen molar-refractivity contribution in [1.82, 2.24) is 5.32 Å². The Morgan fingerprint density at radius 3 is 2.42 bits per heavy atom. The molecule has 0 fully saturated rings. The van der Waals surface area contributed by atoms with Crippen LogP contribution in [-0.4, -0.2) is 7.05 Å². The third-order valence-corrected chi connectivity index (χ3v) is 3.25. The van der Waals surface area contributed by atoms with E-state index in [9.17, 15) is 0 Å². The van der Waals surface area contributed by atoms with Crippen LogP contribution >= 0.6 is 0 Å². The van der Waals surface area contributed by atoms with Crippen molar-refractivity contribution < 1.29 is 4.74 Å². The maximum atomic E-state index is 5.98. The molecule has 0 aromatic heterocycles. The van der Waals surface area contributed by atoms with E-state index >= 15 is 0 Å². The lowest BCUT2D eigenvalue weighted by Crippen LogP contribution is -2.06. The monoisotopic (exact) mass is 255 g/mol. The minimum atomic E-state index is 0.885. The van der Waals surface area contributed by atoms with Gasteiger partial charge in [0.05, 0.1) is 0 Å². The van der Waals surface area contributed by atoms with E-state index in [2.05, 4.69) is 56.4 Å². The third kappa shape index (κ3) is 3.36. The summed E-state index contributed by atoms with van der Waals surface area (Å²) >= 11 is 0.